The Morgan fingerprint density at radius 3 is 2.33 bits per heavy atom. The van der Waals surface area contributed by atoms with Crippen molar-refractivity contribution in [1.82, 2.24) is 14.7 Å². The van der Waals surface area contributed by atoms with E-state index >= 15 is 0 Å². The number of carbonyl (C=O) groups excluding carboxylic acids is 2. The van der Waals surface area contributed by atoms with Crippen molar-refractivity contribution in [3.63, 3.8) is 0 Å². The van der Waals surface area contributed by atoms with Crippen LogP contribution >= 0.6 is 0 Å². The molecule has 1 aliphatic heterocycles. The number of likely N-dealkylation sites (tertiary alicyclic amines) is 1. The number of aryl methyl sites for hydroxylation is 1. The zero-order valence-corrected chi connectivity index (χ0v) is 19.3. The highest BCUT2D eigenvalue weighted by Crippen LogP contribution is 2.21. The van der Waals surface area contributed by atoms with Crippen LogP contribution in [0.15, 0.2) is 54.6 Å². The number of nitrogens with two attached hydrogens (primary N) is 1. The van der Waals surface area contributed by atoms with Crippen LogP contribution in [0.2, 0.25) is 0 Å². The minimum absolute atomic E-state index is 0.0243. The first kappa shape index (κ1) is 22.7. The first-order valence-electron chi connectivity index (χ1n) is 11.5. The van der Waals surface area contributed by atoms with Gasteiger partial charge in [0.2, 0.25) is 5.91 Å². The quantitative estimate of drug-likeness (QED) is 0.582. The number of primary amides is 1. The Hall–Kier alpha value is -3.45. The molecule has 0 bridgehead atoms. The Kier molecular flexibility index (Phi) is 6.89. The number of amides is 2. The zero-order chi connectivity index (χ0) is 23.4. The van der Waals surface area contributed by atoms with Crippen LogP contribution in [0.4, 0.5) is 5.69 Å². The van der Waals surface area contributed by atoms with E-state index in [1.165, 1.54) is 5.56 Å². The molecule has 2 amide bonds. The summed E-state index contributed by atoms with van der Waals surface area (Å²) in [5.41, 5.74) is 10.4. The highest BCUT2D eigenvalue weighted by Gasteiger charge is 2.23. The van der Waals surface area contributed by atoms with Crippen molar-refractivity contribution in [3.05, 3.63) is 77.1 Å². The van der Waals surface area contributed by atoms with Gasteiger partial charge >= 0.3 is 0 Å². The summed E-state index contributed by atoms with van der Waals surface area (Å²) in [5, 5.41) is 7.57. The van der Waals surface area contributed by atoms with Gasteiger partial charge in [0.15, 0.2) is 0 Å². The van der Waals surface area contributed by atoms with Crippen molar-refractivity contribution in [3.8, 4) is 5.69 Å². The minimum Gasteiger partial charge on any atom is -0.369 e. The fourth-order valence-corrected chi connectivity index (χ4v) is 4.47. The summed E-state index contributed by atoms with van der Waals surface area (Å²) < 4.78 is 1.81. The van der Waals surface area contributed by atoms with Crippen molar-refractivity contribution < 1.29 is 9.59 Å². The second-order valence-electron chi connectivity index (χ2n) is 8.71. The maximum atomic E-state index is 13.0. The number of para-hydroxylation sites is 1. The third-order valence-electron chi connectivity index (χ3n) is 6.44. The van der Waals surface area contributed by atoms with Crippen molar-refractivity contribution in [2.75, 3.05) is 25.0 Å². The molecule has 1 aliphatic rings. The second kappa shape index (κ2) is 10.0. The van der Waals surface area contributed by atoms with E-state index in [-0.39, 0.29) is 17.7 Å². The van der Waals surface area contributed by atoms with Crippen molar-refractivity contribution >= 4 is 17.5 Å². The third-order valence-corrected chi connectivity index (χ3v) is 6.44. The second-order valence-corrected chi connectivity index (χ2v) is 8.71. The predicted octanol–water partition coefficient (Wildman–Crippen LogP) is 3.48. The number of aromatic nitrogens is 2. The molecule has 172 valence electrons. The smallest absolute Gasteiger partial charge is 0.259 e. The minimum atomic E-state index is -0.176. The maximum absolute atomic E-state index is 13.0. The number of nitrogens with one attached hydrogen (secondary N) is 1. The molecule has 4 rings (SSSR count). The Morgan fingerprint density at radius 1 is 1.03 bits per heavy atom. The Balaban J connectivity index is 1.34. The van der Waals surface area contributed by atoms with Gasteiger partial charge in [-0.05, 0) is 76.0 Å². The number of carbonyl (C=O) groups is 2. The van der Waals surface area contributed by atoms with Crippen LogP contribution in [0.25, 0.3) is 5.69 Å². The lowest BCUT2D eigenvalue weighted by molar-refractivity contribution is -0.123. The molecule has 0 spiro atoms. The average Bonchev–Trinajstić information content (AvgIpc) is 3.13. The molecular formula is C26H31N5O2. The predicted molar refractivity (Wildman–Crippen MR) is 129 cm³/mol. The molecule has 0 aliphatic carbocycles. The van der Waals surface area contributed by atoms with E-state index < -0.39 is 0 Å². The normalized spacial score (nSPS) is 14.8. The summed E-state index contributed by atoms with van der Waals surface area (Å²) in [6, 6.07) is 17.8. The number of hydrogen-bond acceptors (Lipinski definition) is 4. The van der Waals surface area contributed by atoms with E-state index in [0.29, 0.717) is 11.3 Å². The lowest BCUT2D eigenvalue weighted by Gasteiger charge is -2.30. The van der Waals surface area contributed by atoms with Gasteiger partial charge in [0.05, 0.1) is 22.6 Å². The Morgan fingerprint density at radius 2 is 1.70 bits per heavy atom. The fraction of sp³-hybridized carbons (Fsp3) is 0.346. The highest BCUT2D eigenvalue weighted by atomic mass is 16.2. The SMILES string of the molecule is Cc1nn(-c2ccccc2)c(C)c1C(=O)Nc1ccc(CCN2CCC(C(N)=O)CC2)cc1. The highest BCUT2D eigenvalue weighted by molar-refractivity contribution is 6.06. The van der Waals surface area contributed by atoms with Gasteiger partial charge in [0.25, 0.3) is 5.91 Å². The molecule has 2 heterocycles. The lowest BCUT2D eigenvalue weighted by Crippen LogP contribution is -2.39. The third kappa shape index (κ3) is 5.31. The van der Waals surface area contributed by atoms with Gasteiger partial charge in [-0.3, -0.25) is 9.59 Å². The summed E-state index contributed by atoms with van der Waals surface area (Å²) in [4.78, 5) is 26.7. The number of rotatable bonds is 7. The van der Waals surface area contributed by atoms with Crippen molar-refractivity contribution in [2.24, 2.45) is 11.7 Å². The maximum Gasteiger partial charge on any atom is 0.259 e. The summed E-state index contributed by atoms with van der Waals surface area (Å²) in [6.07, 6.45) is 2.62. The topological polar surface area (TPSA) is 93.2 Å². The molecule has 3 N–H and O–H groups in total. The summed E-state index contributed by atoms with van der Waals surface area (Å²) in [6.45, 7) is 6.55. The van der Waals surface area contributed by atoms with Crippen LogP contribution in [-0.2, 0) is 11.2 Å². The van der Waals surface area contributed by atoms with Crippen LogP contribution in [-0.4, -0.2) is 46.1 Å². The van der Waals surface area contributed by atoms with Gasteiger partial charge in [-0.1, -0.05) is 30.3 Å². The van der Waals surface area contributed by atoms with E-state index in [1.807, 2.05) is 56.3 Å². The molecule has 7 heteroatoms. The van der Waals surface area contributed by atoms with E-state index in [2.05, 4.69) is 27.4 Å². The molecule has 0 radical (unpaired) electrons. The lowest BCUT2D eigenvalue weighted by atomic mass is 9.96. The molecule has 0 saturated carbocycles. The van der Waals surface area contributed by atoms with Crippen molar-refractivity contribution in [2.45, 2.75) is 33.1 Å². The van der Waals surface area contributed by atoms with Crippen LogP contribution < -0.4 is 11.1 Å². The van der Waals surface area contributed by atoms with E-state index in [9.17, 15) is 9.59 Å². The number of anilines is 1. The zero-order valence-electron chi connectivity index (χ0n) is 19.3. The largest absolute Gasteiger partial charge is 0.369 e. The van der Waals surface area contributed by atoms with Gasteiger partial charge in [-0.2, -0.15) is 5.10 Å². The fourth-order valence-electron chi connectivity index (χ4n) is 4.47. The summed E-state index contributed by atoms with van der Waals surface area (Å²) in [7, 11) is 0. The molecule has 1 saturated heterocycles. The van der Waals surface area contributed by atoms with Gasteiger partial charge in [-0.25, -0.2) is 4.68 Å². The Labute approximate surface area is 194 Å². The first-order valence-corrected chi connectivity index (χ1v) is 11.5. The number of hydrogen-bond donors (Lipinski definition) is 2. The molecule has 0 atom stereocenters. The first-order chi connectivity index (χ1) is 15.9. The molecule has 33 heavy (non-hydrogen) atoms. The average molecular weight is 446 g/mol. The molecular weight excluding hydrogens is 414 g/mol. The van der Waals surface area contributed by atoms with E-state index in [0.717, 1.165) is 56.0 Å². The van der Waals surface area contributed by atoms with Crippen molar-refractivity contribution in [1.29, 1.82) is 0 Å². The molecule has 1 fully saturated rings. The van der Waals surface area contributed by atoms with E-state index in [1.54, 1.807) is 4.68 Å². The van der Waals surface area contributed by atoms with Crippen LogP contribution in [0.5, 0.6) is 0 Å². The summed E-state index contributed by atoms with van der Waals surface area (Å²) >= 11 is 0. The number of benzene rings is 2. The van der Waals surface area contributed by atoms with E-state index in [4.69, 9.17) is 5.73 Å². The number of nitrogens with zero attached hydrogens (tertiary/aromatic N) is 3. The molecule has 7 nitrogen and oxygen atoms in total. The Bertz CT molecular complexity index is 1110. The van der Waals surface area contributed by atoms with Gasteiger partial charge < -0.3 is 16.0 Å². The molecule has 0 unspecified atom stereocenters. The monoisotopic (exact) mass is 445 g/mol. The van der Waals surface area contributed by atoms with Crippen LogP contribution in [0.1, 0.15) is 40.2 Å². The van der Waals surface area contributed by atoms with Gasteiger partial charge in [-0.15, -0.1) is 0 Å². The molecule has 2 aromatic carbocycles. The summed E-state index contributed by atoms with van der Waals surface area (Å²) in [5.74, 6) is -0.307. The standard InChI is InChI=1S/C26H31N5O2/c1-18-24(19(2)31(29-18)23-6-4-3-5-7-23)26(33)28-22-10-8-20(9-11-22)12-15-30-16-13-21(14-17-30)25(27)32/h3-11,21H,12-17H2,1-2H3,(H2,27,32)(H,28,33). The van der Waals surface area contributed by atoms with Crippen LogP contribution in [0.3, 0.4) is 0 Å². The van der Waals surface area contributed by atoms with Crippen LogP contribution in [0, 0.1) is 19.8 Å². The molecule has 1 aromatic heterocycles. The molecule has 3 aromatic rings. The van der Waals surface area contributed by atoms with Gasteiger partial charge in [0, 0.05) is 18.2 Å². The number of piperidine rings is 1. The van der Waals surface area contributed by atoms with Gasteiger partial charge in [0.1, 0.15) is 0 Å².